The number of hydrogen-bond donors (Lipinski definition) is 0. The van der Waals surface area contributed by atoms with Crippen LogP contribution >= 0.6 is 11.6 Å². The van der Waals surface area contributed by atoms with Crippen molar-refractivity contribution in [3.63, 3.8) is 0 Å². The van der Waals surface area contributed by atoms with E-state index in [2.05, 4.69) is 11.7 Å². The Hall–Kier alpha value is -1.28. The molecule has 2 aromatic rings. The fourth-order valence-corrected chi connectivity index (χ4v) is 1.43. The van der Waals surface area contributed by atoms with E-state index in [4.69, 9.17) is 11.6 Å². The molecule has 1 heterocycles. The number of halogens is 1. The molecule has 0 N–H and O–H groups in total. The minimum atomic E-state index is 0.519. The molecule has 0 amide bonds. The number of fused-ring (bicyclic) bond motifs is 1. The molecule has 0 atom stereocenters. The topological polar surface area (TPSA) is 17.8 Å². The number of rotatable bonds is 1. The monoisotopic (exact) mass is 178 g/mol. The summed E-state index contributed by atoms with van der Waals surface area (Å²) in [6, 6.07) is 7.77. The first-order valence-corrected chi connectivity index (χ1v) is 3.96. The first kappa shape index (κ1) is 7.37. The van der Waals surface area contributed by atoms with E-state index in [0.717, 1.165) is 10.9 Å². The van der Waals surface area contributed by atoms with Crippen LogP contribution in [0.15, 0.2) is 30.8 Å². The van der Waals surface area contributed by atoms with Crippen molar-refractivity contribution in [2.45, 2.75) is 0 Å². The van der Waals surface area contributed by atoms with Crippen molar-refractivity contribution < 1.29 is 0 Å². The average Bonchev–Trinajstić information content (AvgIpc) is 2.44. The molecular weight excluding hydrogens is 172 g/mol. The Morgan fingerprint density at radius 1 is 1.42 bits per heavy atom. The van der Waals surface area contributed by atoms with Gasteiger partial charge in [-0.25, -0.2) is 4.68 Å². The Balaban J connectivity index is 2.91. The van der Waals surface area contributed by atoms with Gasteiger partial charge in [-0.15, -0.1) is 0 Å². The van der Waals surface area contributed by atoms with Crippen molar-refractivity contribution in [3.05, 3.63) is 36.0 Å². The molecule has 1 aromatic heterocycles. The molecule has 0 saturated heterocycles. The van der Waals surface area contributed by atoms with Gasteiger partial charge in [0, 0.05) is 11.6 Å². The predicted molar refractivity (Wildman–Crippen MR) is 51.1 cm³/mol. The van der Waals surface area contributed by atoms with Gasteiger partial charge in [0.15, 0.2) is 5.15 Å². The molecule has 2 nitrogen and oxygen atoms in total. The van der Waals surface area contributed by atoms with E-state index >= 15 is 0 Å². The minimum Gasteiger partial charge on any atom is -0.239 e. The Bertz CT molecular complexity index is 431. The van der Waals surface area contributed by atoms with E-state index in [9.17, 15) is 0 Å². The van der Waals surface area contributed by atoms with Gasteiger partial charge in [0.2, 0.25) is 0 Å². The zero-order chi connectivity index (χ0) is 8.55. The average molecular weight is 179 g/mol. The van der Waals surface area contributed by atoms with Crippen LogP contribution in [0.4, 0.5) is 0 Å². The molecule has 0 radical (unpaired) electrons. The number of aromatic nitrogens is 2. The maximum absolute atomic E-state index is 5.88. The zero-order valence-electron chi connectivity index (χ0n) is 6.37. The van der Waals surface area contributed by atoms with Gasteiger partial charge in [0.1, 0.15) is 0 Å². The molecule has 0 aliphatic rings. The molecular formula is C9H7ClN2. The predicted octanol–water partition coefficient (Wildman–Crippen LogP) is 2.79. The molecule has 1 aromatic carbocycles. The van der Waals surface area contributed by atoms with Crippen LogP contribution in [-0.2, 0) is 0 Å². The second-order valence-corrected chi connectivity index (χ2v) is 2.79. The van der Waals surface area contributed by atoms with Crippen LogP contribution in [0.2, 0.25) is 5.15 Å². The summed E-state index contributed by atoms with van der Waals surface area (Å²) in [6.07, 6.45) is 1.63. The van der Waals surface area contributed by atoms with Crippen LogP contribution in [0.1, 0.15) is 0 Å². The van der Waals surface area contributed by atoms with Crippen LogP contribution in [0, 0.1) is 0 Å². The number of nitrogens with zero attached hydrogens (tertiary/aromatic N) is 2. The third kappa shape index (κ3) is 0.924. The SMILES string of the molecule is C=Cn1nc(Cl)c2ccccc21. The molecule has 0 aliphatic heterocycles. The van der Waals surface area contributed by atoms with Gasteiger partial charge in [-0.05, 0) is 12.1 Å². The summed E-state index contributed by atoms with van der Waals surface area (Å²) in [6.45, 7) is 3.64. The summed E-state index contributed by atoms with van der Waals surface area (Å²) in [5.74, 6) is 0. The van der Waals surface area contributed by atoms with E-state index in [1.54, 1.807) is 10.9 Å². The highest BCUT2D eigenvalue weighted by Gasteiger charge is 2.04. The number of hydrogen-bond acceptors (Lipinski definition) is 1. The van der Waals surface area contributed by atoms with Crippen LogP contribution in [0.5, 0.6) is 0 Å². The quantitative estimate of drug-likeness (QED) is 0.657. The van der Waals surface area contributed by atoms with E-state index in [0.29, 0.717) is 5.15 Å². The van der Waals surface area contributed by atoms with Crippen LogP contribution < -0.4 is 0 Å². The fraction of sp³-hybridized carbons (Fsp3) is 0. The van der Waals surface area contributed by atoms with Crippen LogP contribution in [0.25, 0.3) is 17.1 Å². The highest BCUT2D eigenvalue weighted by Crippen LogP contribution is 2.21. The molecule has 60 valence electrons. The van der Waals surface area contributed by atoms with Crippen molar-refractivity contribution >= 4 is 28.7 Å². The standard InChI is InChI=1S/C9H7ClN2/c1-2-12-8-6-4-3-5-7(8)9(10)11-12/h2-6H,1H2. The Labute approximate surface area is 75.1 Å². The zero-order valence-corrected chi connectivity index (χ0v) is 7.12. The van der Waals surface area contributed by atoms with Gasteiger partial charge >= 0.3 is 0 Å². The lowest BCUT2D eigenvalue weighted by Gasteiger charge is -1.91. The molecule has 0 spiro atoms. The van der Waals surface area contributed by atoms with Gasteiger partial charge < -0.3 is 0 Å². The van der Waals surface area contributed by atoms with Gasteiger partial charge in [-0.2, -0.15) is 5.10 Å². The van der Waals surface area contributed by atoms with Gasteiger partial charge in [0.05, 0.1) is 5.52 Å². The second kappa shape index (κ2) is 2.64. The summed E-state index contributed by atoms with van der Waals surface area (Å²) in [4.78, 5) is 0. The highest BCUT2D eigenvalue weighted by atomic mass is 35.5. The molecule has 0 unspecified atom stereocenters. The van der Waals surface area contributed by atoms with Crippen LogP contribution in [-0.4, -0.2) is 9.78 Å². The molecule has 3 heteroatoms. The molecule has 0 saturated carbocycles. The Morgan fingerprint density at radius 2 is 2.17 bits per heavy atom. The summed E-state index contributed by atoms with van der Waals surface area (Å²) in [7, 11) is 0. The van der Waals surface area contributed by atoms with E-state index in [1.807, 2.05) is 24.3 Å². The largest absolute Gasteiger partial charge is 0.239 e. The first-order chi connectivity index (χ1) is 5.83. The van der Waals surface area contributed by atoms with Crippen molar-refractivity contribution in [1.29, 1.82) is 0 Å². The number of para-hydroxylation sites is 1. The summed E-state index contributed by atoms with van der Waals surface area (Å²) >= 11 is 5.88. The molecule has 0 aliphatic carbocycles. The van der Waals surface area contributed by atoms with Crippen molar-refractivity contribution in [1.82, 2.24) is 9.78 Å². The molecule has 12 heavy (non-hydrogen) atoms. The van der Waals surface area contributed by atoms with Crippen LogP contribution in [0.3, 0.4) is 0 Å². The number of benzene rings is 1. The lowest BCUT2D eigenvalue weighted by Crippen LogP contribution is -1.85. The lowest BCUT2D eigenvalue weighted by atomic mass is 10.3. The second-order valence-electron chi connectivity index (χ2n) is 2.44. The summed E-state index contributed by atoms with van der Waals surface area (Å²) < 4.78 is 1.66. The summed E-state index contributed by atoms with van der Waals surface area (Å²) in [5.41, 5.74) is 0.984. The molecule has 0 bridgehead atoms. The van der Waals surface area contributed by atoms with E-state index in [1.165, 1.54) is 0 Å². The third-order valence-corrected chi connectivity index (χ3v) is 2.02. The normalized spacial score (nSPS) is 10.4. The van der Waals surface area contributed by atoms with E-state index < -0.39 is 0 Å². The lowest BCUT2D eigenvalue weighted by molar-refractivity contribution is 0.968. The smallest absolute Gasteiger partial charge is 0.159 e. The van der Waals surface area contributed by atoms with Gasteiger partial charge in [0.25, 0.3) is 0 Å². The van der Waals surface area contributed by atoms with Crippen molar-refractivity contribution in [2.75, 3.05) is 0 Å². The van der Waals surface area contributed by atoms with E-state index in [-0.39, 0.29) is 0 Å². The molecule has 0 fully saturated rings. The van der Waals surface area contributed by atoms with Gasteiger partial charge in [-0.1, -0.05) is 30.3 Å². The minimum absolute atomic E-state index is 0.519. The van der Waals surface area contributed by atoms with Crippen molar-refractivity contribution in [3.8, 4) is 0 Å². The Kier molecular flexibility index (Phi) is 1.62. The highest BCUT2D eigenvalue weighted by molar-refractivity contribution is 6.34. The Morgan fingerprint density at radius 3 is 2.92 bits per heavy atom. The maximum atomic E-state index is 5.88. The van der Waals surface area contributed by atoms with Gasteiger partial charge in [-0.3, -0.25) is 0 Å². The fourth-order valence-electron chi connectivity index (χ4n) is 1.19. The molecule has 2 rings (SSSR count). The summed E-state index contributed by atoms with van der Waals surface area (Å²) in [5, 5.41) is 5.55. The maximum Gasteiger partial charge on any atom is 0.159 e. The third-order valence-electron chi connectivity index (χ3n) is 1.74. The first-order valence-electron chi connectivity index (χ1n) is 3.58. The van der Waals surface area contributed by atoms with Crippen molar-refractivity contribution in [2.24, 2.45) is 0 Å².